The molecule has 0 bridgehead atoms. The predicted octanol–water partition coefficient (Wildman–Crippen LogP) is 1.05. The molecule has 4 nitrogen and oxygen atoms in total. The number of hydrogen-bond acceptors (Lipinski definition) is 4. The van der Waals surface area contributed by atoms with Gasteiger partial charge in [0.15, 0.2) is 0 Å². The van der Waals surface area contributed by atoms with Gasteiger partial charge in [0.05, 0.1) is 13.2 Å². The molecule has 0 aliphatic carbocycles. The molecule has 2 rings (SSSR count). The Kier molecular flexibility index (Phi) is 2.96. The summed E-state index contributed by atoms with van der Waals surface area (Å²) >= 11 is 0. The Bertz CT molecular complexity index is 297. The van der Waals surface area contributed by atoms with Gasteiger partial charge in [0.2, 0.25) is 0 Å². The quantitative estimate of drug-likeness (QED) is 0.761. The van der Waals surface area contributed by atoms with Crippen molar-refractivity contribution in [2.75, 3.05) is 31.7 Å². The molecule has 4 heteroatoms. The van der Waals surface area contributed by atoms with Gasteiger partial charge < -0.3 is 10.2 Å². The largest absolute Gasteiger partial charge is 0.379 e. The fraction of sp³-hybridized carbons (Fsp3) is 0.500. The number of ether oxygens (including phenoxy) is 1. The molecule has 1 aromatic rings. The summed E-state index contributed by atoms with van der Waals surface area (Å²) in [5.74, 6) is 0.939. The Morgan fingerprint density at radius 1 is 1.43 bits per heavy atom. The van der Waals surface area contributed by atoms with Gasteiger partial charge in [-0.1, -0.05) is 6.07 Å². The third-order valence-electron chi connectivity index (χ3n) is 2.28. The summed E-state index contributed by atoms with van der Waals surface area (Å²) in [7, 11) is 0. The molecule has 1 aliphatic heterocycles. The predicted molar refractivity (Wildman–Crippen MR) is 55.0 cm³/mol. The standard InChI is InChI=1S/C10H15N3O/c1-9-3-2-4-11-10(9)12-13-5-7-14-8-6-13/h2-4H,5-8H2,1H3,(H,11,12). The highest BCUT2D eigenvalue weighted by Crippen LogP contribution is 2.10. The van der Waals surface area contributed by atoms with Crippen LogP contribution in [-0.2, 0) is 4.74 Å². The third kappa shape index (κ3) is 2.21. The minimum Gasteiger partial charge on any atom is -0.379 e. The molecule has 0 radical (unpaired) electrons. The number of aryl methyl sites for hydroxylation is 1. The molecular formula is C10H15N3O. The van der Waals surface area contributed by atoms with E-state index in [1.165, 1.54) is 5.56 Å². The summed E-state index contributed by atoms with van der Waals surface area (Å²) < 4.78 is 5.27. The summed E-state index contributed by atoms with van der Waals surface area (Å²) in [6, 6.07) is 4.00. The smallest absolute Gasteiger partial charge is 0.143 e. The van der Waals surface area contributed by atoms with E-state index in [1.807, 2.05) is 6.07 Å². The maximum atomic E-state index is 5.27. The van der Waals surface area contributed by atoms with E-state index in [1.54, 1.807) is 6.20 Å². The lowest BCUT2D eigenvalue weighted by Gasteiger charge is -2.27. The van der Waals surface area contributed by atoms with Gasteiger partial charge in [-0.15, -0.1) is 0 Å². The molecule has 1 aromatic heterocycles. The monoisotopic (exact) mass is 193 g/mol. The average Bonchev–Trinajstić information content (AvgIpc) is 2.23. The normalized spacial score (nSPS) is 18.1. The number of anilines is 1. The number of hydrazine groups is 1. The lowest BCUT2D eigenvalue weighted by atomic mass is 10.3. The van der Waals surface area contributed by atoms with Crippen LogP contribution in [-0.4, -0.2) is 36.3 Å². The number of hydrogen-bond donors (Lipinski definition) is 1. The molecule has 0 aromatic carbocycles. The first kappa shape index (κ1) is 9.43. The van der Waals surface area contributed by atoms with Gasteiger partial charge in [-0.05, 0) is 18.6 Å². The minimum atomic E-state index is 0.791. The van der Waals surface area contributed by atoms with Crippen LogP contribution in [0.15, 0.2) is 18.3 Å². The number of pyridine rings is 1. The van der Waals surface area contributed by atoms with Crippen molar-refractivity contribution in [2.45, 2.75) is 6.92 Å². The maximum absolute atomic E-state index is 5.27. The molecule has 2 heterocycles. The van der Waals surface area contributed by atoms with Crippen molar-refractivity contribution in [3.63, 3.8) is 0 Å². The second kappa shape index (κ2) is 4.39. The molecule has 1 saturated heterocycles. The van der Waals surface area contributed by atoms with E-state index in [-0.39, 0.29) is 0 Å². The van der Waals surface area contributed by atoms with Gasteiger partial charge in [-0.25, -0.2) is 9.99 Å². The molecule has 1 N–H and O–H groups in total. The van der Waals surface area contributed by atoms with Gasteiger partial charge in [0, 0.05) is 19.3 Å². The fourth-order valence-electron chi connectivity index (χ4n) is 1.43. The third-order valence-corrected chi connectivity index (χ3v) is 2.28. The molecule has 0 atom stereocenters. The second-order valence-corrected chi connectivity index (χ2v) is 3.38. The van der Waals surface area contributed by atoms with Crippen LogP contribution in [0.2, 0.25) is 0 Å². The zero-order chi connectivity index (χ0) is 9.80. The van der Waals surface area contributed by atoms with Crippen LogP contribution in [0.1, 0.15) is 5.56 Å². The van der Waals surface area contributed by atoms with E-state index in [0.717, 1.165) is 32.1 Å². The number of aromatic nitrogens is 1. The number of nitrogens with one attached hydrogen (secondary N) is 1. The van der Waals surface area contributed by atoms with Crippen LogP contribution in [0, 0.1) is 6.92 Å². The van der Waals surface area contributed by atoms with Crippen molar-refractivity contribution in [1.29, 1.82) is 0 Å². The molecule has 0 amide bonds. The minimum absolute atomic E-state index is 0.791. The van der Waals surface area contributed by atoms with E-state index in [0.29, 0.717) is 0 Å². The fourth-order valence-corrected chi connectivity index (χ4v) is 1.43. The van der Waals surface area contributed by atoms with E-state index in [9.17, 15) is 0 Å². The average molecular weight is 193 g/mol. The molecule has 14 heavy (non-hydrogen) atoms. The highest BCUT2D eigenvalue weighted by molar-refractivity contribution is 5.41. The van der Waals surface area contributed by atoms with Gasteiger partial charge in [0.1, 0.15) is 5.82 Å². The SMILES string of the molecule is Cc1cccnc1NN1CCOCC1. The molecule has 1 fully saturated rings. The lowest BCUT2D eigenvalue weighted by molar-refractivity contribution is 0.0494. The molecule has 1 aliphatic rings. The zero-order valence-corrected chi connectivity index (χ0v) is 8.36. The van der Waals surface area contributed by atoms with Gasteiger partial charge in [-0.2, -0.15) is 0 Å². The topological polar surface area (TPSA) is 37.4 Å². The van der Waals surface area contributed by atoms with Crippen LogP contribution in [0.4, 0.5) is 5.82 Å². The van der Waals surface area contributed by atoms with Crippen molar-refractivity contribution in [3.8, 4) is 0 Å². The summed E-state index contributed by atoms with van der Waals surface area (Å²) in [4.78, 5) is 4.28. The molecule has 0 spiro atoms. The van der Waals surface area contributed by atoms with Gasteiger partial charge in [-0.3, -0.25) is 0 Å². The zero-order valence-electron chi connectivity index (χ0n) is 8.36. The Hall–Kier alpha value is -1.13. The van der Waals surface area contributed by atoms with Crippen molar-refractivity contribution in [2.24, 2.45) is 0 Å². The van der Waals surface area contributed by atoms with Crippen molar-refractivity contribution in [3.05, 3.63) is 23.9 Å². The van der Waals surface area contributed by atoms with Gasteiger partial charge in [0.25, 0.3) is 0 Å². The van der Waals surface area contributed by atoms with Crippen LogP contribution in [0.5, 0.6) is 0 Å². The van der Waals surface area contributed by atoms with Crippen molar-refractivity contribution >= 4 is 5.82 Å². The van der Waals surface area contributed by atoms with E-state index in [2.05, 4.69) is 28.4 Å². The first-order chi connectivity index (χ1) is 6.86. The summed E-state index contributed by atoms with van der Waals surface area (Å²) in [5, 5.41) is 2.14. The number of morpholine rings is 1. The van der Waals surface area contributed by atoms with Crippen LogP contribution >= 0.6 is 0 Å². The lowest BCUT2D eigenvalue weighted by Crippen LogP contribution is -2.40. The summed E-state index contributed by atoms with van der Waals surface area (Å²) in [6.07, 6.45) is 1.80. The van der Waals surface area contributed by atoms with Gasteiger partial charge >= 0.3 is 0 Å². The van der Waals surface area contributed by atoms with Crippen molar-refractivity contribution < 1.29 is 4.74 Å². The highest BCUT2D eigenvalue weighted by atomic mass is 16.5. The van der Waals surface area contributed by atoms with Crippen LogP contribution in [0.25, 0.3) is 0 Å². The van der Waals surface area contributed by atoms with E-state index in [4.69, 9.17) is 4.74 Å². The van der Waals surface area contributed by atoms with E-state index < -0.39 is 0 Å². The first-order valence-corrected chi connectivity index (χ1v) is 4.87. The second-order valence-electron chi connectivity index (χ2n) is 3.38. The number of rotatable bonds is 2. The number of nitrogens with zero attached hydrogens (tertiary/aromatic N) is 2. The Morgan fingerprint density at radius 2 is 2.21 bits per heavy atom. The molecule has 76 valence electrons. The van der Waals surface area contributed by atoms with Crippen LogP contribution in [0.3, 0.4) is 0 Å². The molecule has 0 saturated carbocycles. The Balaban J connectivity index is 1.99. The molecular weight excluding hydrogens is 178 g/mol. The van der Waals surface area contributed by atoms with Crippen molar-refractivity contribution in [1.82, 2.24) is 9.99 Å². The highest BCUT2D eigenvalue weighted by Gasteiger charge is 2.10. The summed E-state index contributed by atoms with van der Waals surface area (Å²) in [6.45, 7) is 5.46. The maximum Gasteiger partial charge on any atom is 0.143 e. The molecule has 0 unspecified atom stereocenters. The van der Waals surface area contributed by atoms with Crippen LogP contribution < -0.4 is 5.43 Å². The Labute approximate surface area is 83.9 Å². The summed E-state index contributed by atoms with van der Waals surface area (Å²) in [5.41, 5.74) is 4.46. The first-order valence-electron chi connectivity index (χ1n) is 4.87. The Morgan fingerprint density at radius 3 is 2.93 bits per heavy atom. The van der Waals surface area contributed by atoms with E-state index >= 15 is 0 Å².